The molecule has 1 aliphatic rings. The van der Waals surface area contributed by atoms with Crippen molar-refractivity contribution < 1.29 is 17.9 Å². The lowest BCUT2D eigenvalue weighted by atomic mass is 9.75. The molecular formula is C14H18F3NO. The van der Waals surface area contributed by atoms with Crippen LogP contribution in [0.15, 0.2) is 18.2 Å². The van der Waals surface area contributed by atoms with E-state index in [1.165, 1.54) is 6.07 Å². The molecule has 0 fully saturated rings. The quantitative estimate of drug-likeness (QED) is 0.859. The van der Waals surface area contributed by atoms with Crippen LogP contribution in [0.25, 0.3) is 0 Å². The maximum atomic E-state index is 12.4. The molecule has 5 heteroatoms. The Morgan fingerprint density at radius 3 is 2.63 bits per heavy atom. The fourth-order valence-electron chi connectivity index (χ4n) is 2.68. The van der Waals surface area contributed by atoms with E-state index in [1.54, 1.807) is 6.07 Å². The first-order valence-electron chi connectivity index (χ1n) is 6.39. The predicted octanol–water partition coefficient (Wildman–Crippen LogP) is 4.46. The molecule has 1 aromatic carbocycles. The zero-order valence-corrected chi connectivity index (χ0v) is 11.3. The second-order valence-corrected chi connectivity index (χ2v) is 5.56. The highest BCUT2D eigenvalue weighted by molar-refractivity contribution is 5.66. The summed E-state index contributed by atoms with van der Waals surface area (Å²) in [7, 11) is 0. The van der Waals surface area contributed by atoms with Gasteiger partial charge in [0.05, 0.1) is 5.69 Å². The van der Waals surface area contributed by atoms with Crippen LogP contribution >= 0.6 is 0 Å². The lowest BCUT2D eigenvalue weighted by Gasteiger charge is -2.39. The average Bonchev–Trinajstić information content (AvgIpc) is 2.27. The van der Waals surface area contributed by atoms with Gasteiger partial charge in [-0.1, -0.05) is 32.9 Å². The highest BCUT2D eigenvalue weighted by atomic mass is 19.4. The van der Waals surface area contributed by atoms with Crippen molar-refractivity contribution in [1.29, 1.82) is 0 Å². The summed E-state index contributed by atoms with van der Waals surface area (Å²) in [5.41, 5.74) is 1.19. The van der Waals surface area contributed by atoms with Gasteiger partial charge < -0.3 is 10.1 Å². The summed E-state index contributed by atoms with van der Waals surface area (Å²) in [4.78, 5) is 0. The van der Waals surface area contributed by atoms with Gasteiger partial charge in [0.2, 0.25) is 0 Å². The van der Waals surface area contributed by atoms with E-state index < -0.39 is 6.36 Å². The van der Waals surface area contributed by atoms with Crippen LogP contribution in [0.2, 0.25) is 0 Å². The van der Waals surface area contributed by atoms with E-state index in [1.807, 2.05) is 26.8 Å². The second kappa shape index (κ2) is 4.62. The van der Waals surface area contributed by atoms with Gasteiger partial charge in [-0.15, -0.1) is 13.2 Å². The van der Waals surface area contributed by atoms with Crippen LogP contribution in [-0.2, 0) is 5.41 Å². The van der Waals surface area contributed by atoms with Crippen molar-refractivity contribution in [3.63, 3.8) is 0 Å². The molecule has 106 valence electrons. The summed E-state index contributed by atoms with van der Waals surface area (Å²) in [6.07, 6.45) is -2.91. The Morgan fingerprint density at radius 1 is 1.37 bits per heavy atom. The van der Waals surface area contributed by atoms with Gasteiger partial charge in [-0.05, 0) is 29.9 Å². The van der Waals surface area contributed by atoms with Crippen molar-refractivity contribution in [1.82, 2.24) is 0 Å². The third-order valence-electron chi connectivity index (χ3n) is 3.58. The Balaban J connectivity index is 2.45. The van der Waals surface area contributed by atoms with E-state index >= 15 is 0 Å². The van der Waals surface area contributed by atoms with E-state index in [9.17, 15) is 13.2 Å². The minimum absolute atomic E-state index is 0.142. The van der Waals surface area contributed by atoms with E-state index in [4.69, 9.17) is 0 Å². The van der Waals surface area contributed by atoms with E-state index in [0.29, 0.717) is 5.69 Å². The summed E-state index contributed by atoms with van der Waals surface area (Å²) < 4.78 is 41.4. The van der Waals surface area contributed by atoms with Crippen molar-refractivity contribution in [3.8, 4) is 5.75 Å². The lowest BCUT2D eigenvalue weighted by Crippen LogP contribution is -2.36. The standard InChI is InChI=1S/C14H18F3NO/c1-4-9-8-13(2,3)10-6-5-7-11(12(10)18-9)19-14(15,16)17/h5-7,9,18H,4,8H2,1-3H3. The number of halogens is 3. The number of nitrogens with one attached hydrogen (secondary N) is 1. The molecule has 1 unspecified atom stereocenters. The van der Waals surface area contributed by atoms with Gasteiger partial charge in [-0.3, -0.25) is 0 Å². The first-order chi connectivity index (χ1) is 8.73. The smallest absolute Gasteiger partial charge is 0.404 e. The molecule has 0 spiro atoms. The number of hydrogen-bond acceptors (Lipinski definition) is 2. The normalized spacial score (nSPS) is 21.5. The highest BCUT2D eigenvalue weighted by Crippen LogP contribution is 2.45. The van der Waals surface area contributed by atoms with Crippen molar-refractivity contribution >= 4 is 5.69 Å². The maximum absolute atomic E-state index is 12.4. The molecule has 19 heavy (non-hydrogen) atoms. The molecule has 0 aromatic heterocycles. The lowest BCUT2D eigenvalue weighted by molar-refractivity contribution is -0.274. The number of fused-ring (bicyclic) bond motifs is 1. The van der Waals surface area contributed by atoms with Crippen LogP contribution in [-0.4, -0.2) is 12.4 Å². The SMILES string of the molecule is CCC1CC(C)(C)c2cccc(OC(F)(F)F)c2N1. The molecule has 0 radical (unpaired) electrons. The predicted molar refractivity (Wildman–Crippen MR) is 68.5 cm³/mol. The molecule has 2 rings (SSSR count). The Bertz CT molecular complexity index is 468. The summed E-state index contributed by atoms with van der Waals surface area (Å²) >= 11 is 0. The molecule has 0 saturated heterocycles. The molecular weight excluding hydrogens is 255 g/mol. The molecule has 0 saturated carbocycles. The summed E-state index contributed by atoms with van der Waals surface area (Å²) in [6, 6.07) is 4.99. The Labute approximate surface area is 111 Å². The van der Waals surface area contributed by atoms with Gasteiger partial charge in [0.25, 0.3) is 0 Å². The molecule has 1 atom stereocenters. The van der Waals surface area contributed by atoms with Crippen LogP contribution < -0.4 is 10.1 Å². The van der Waals surface area contributed by atoms with Crippen LogP contribution in [0, 0.1) is 0 Å². The number of alkyl halides is 3. The van der Waals surface area contributed by atoms with Gasteiger partial charge in [0.1, 0.15) is 0 Å². The van der Waals surface area contributed by atoms with E-state index in [2.05, 4.69) is 10.1 Å². The summed E-state index contributed by atoms with van der Waals surface area (Å²) in [5, 5.41) is 3.17. The molecule has 0 bridgehead atoms. The summed E-state index contributed by atoms with van der Waals surface area (Å²) in [5.74, 6) is -0.142. The molecule has 0 amide bonds. The van der Waals surface area contributed by atoms with Crippen molar-refractivity contribution in [2.24, 2.45) is 0 Å². The number of benzene rings is 1. The van der Waals surface area contributed by atoms with Gasteiger partial charge >= 0.3 is 6.36 Å². The van der Waals surface area contributed by atoms with Gasteiger partial charge in [-0.25, -0.2) is 0 Å². The Morgan fingerprint density at radius 2 is 2.05 bits per heavy atom. The molecule has 2 nitrogen and oxygen atoms in total. The number of ether oxygens (including phenoxy) is 1. The van der Waals surface area contributed by atoms with Crippen LogP contribution in [0.1, 0.15) is 39.2 Å². The summed E-state index contributed by atoms with van der Waals surface area (Å²) in [6.45, 7) is 6.12. The highest BCUT2D eigenvalue weighted by Gasteiger charge is 2.37. The number of hydrogen-bond donors (Lipinski definition) is 1. The molecule has 1 aromatic rings. The van der Waals surface area contributed by atoms with E-state index in [0.717, 1.165) is 18.4 Å². The maximum Gasteiger partial charge on any atom is 0.573 e. The van der Waals surface area contributed by atoms with Crippen molar-refractivity contribution in [2.45, 2.75) is 51.4 Å². The van der Waals surface area contributed by atoms with Gasteiger partial charge in [0.15, 0.2) is 5.75 Å². The van der Waals surface area contributed by atoms with Crippen LogP contribution in [0.3, 0.4) is 0 Å². The van der Waals surface area contributed by atoms with Crippen molar-refractivity contribution in [2.75, 3.05) is 5.32 Å². The Hall–Kier alpha value is -1.39. The average molecular weight is 273 g/mol. The number of rotatable bonds is 2. The van der Waals surface area contributed by atoms with Crippen molar-refractivity contribution in [3.05, 3.63) is 23.8 Å². The minimum atomic E-state index is -4.67. The first kappa shape index (κ1) is 14.0. The second-order valence-electron chi connectivity index (χ2n) is 5.56. The molecule has 0 aliphatic carbocycles. The first-order valence-corrected chi connectivity index (χ1v) is 6.39. The van der Waals surface area contributed by atoms with Gasteiger partial charge in [0, 0.05) is 6.04 Å². The zero-order chi connectivity index (χ0) is 14.3. The molecule has 1 N–H and O–H groups in total. The van der Waals surface area contributed by atoms with E-state index in [-0.39, 0.29) is 17.2 Å². The van der Waals surface area contributed by atoms with Crippen LogP contribution in [0.4, 0.5) is 18.9 Å². The Kier molecular flexibility index (Phi) is 3.41. The third kappa shape index (κ3) is 2.96. The van der Waals surface area contributed by atoms with Crippen LogP contribution in [0.5, 0.6) is 5.75 Å². The number of anilines is 1. The van der Waals surface area contributed by atoms with Gasteiger partial charge in [-0.2, -0.15) is 0 Å². The minimum Gasteiger partial charge on any atom is -0.404 e. The monoisotopic (exact) mass is 273 g/mol. The third-order valence-corrected chi connectivity index (χ3v) is 3.58. The fourth-order valence-corrected chi connectivity index (χ4v) is 2.68. The fraction of sp³-hybridized carbons (Fsp3) is 0.571. The largest absolute Gasteiger partial charge is 0.573 e. The topological polar surface area (TPSA) is 21.3 Å². The number of para-hydroxylation sites is 1. The molecule has 1 aliphatic heterocycles. The molecule has 1 heterocycles. The zero-order valence-electron chi connectivity index (χ0n) is 11.3.